The number of phenols is 1. The summed E-state index contributed by atoms with van der Waals surface area (Å²) in [5, 5.41) is 11.6. The maximum atomic E-state index is 11.6. The number of aromatic nitrogens is 3. The SMILES string of the molecule is CC(C)c1cccc(C(C)C)c1-n1c(-c2cc(-c3ccccc3)ccc2O)nc2c(-c3cccc(-c4cc(C(C)(C)C)ccn4)c3)cccc21. The fraction of sp³-hybridized carbons (Fsp3) is 0.217. The van der Waals surface area contributed by atoms with Gasteiger partial charge >= 0.3 is 0 Å². The molecular formula is C46H45N3O. The number of benzene rings is 5. The number of hydrogen-bond donors (Lipinski definition) is 1. The van der Waals surface area contributed by atoms with Crippen LogP contribution in [0, 0.1) is 0 Å². The van der Waals surface area contributed by atoms with Crippen LogP contribution >= 0.6 is 0 Å². The van der Waals surface area contributed by atoms with Gasteiger partial charge in [0.05, 0.1) is 28.0 Å². The van der Waals surface area contributed by atoms with Crippen LogP contribution in [0.2, 0.25) is 0 Å². The molecule has 50 heavy (non-hydrogen) atoms. The summed E-state index contributed by atoms with van der Waals surface area (Å²) >= 11 is 0. The van der Waals surface area contributed by atoms with E-state index in [1.54, 1.807) is 6.07 Å². The van der Waals surface area contributed by atoms with Crippen LogP contribution in [0.3, 0.4) is 0 Å². The first kappa shape index (κ1) is 33.0. The number of nitrogens with zero attached hydrogens (tertiary/aromatic N) is 3. The number of aromatic hydroxyl groups is 1. The molecule has 0 saturated carbocycles. The van der Waals surface area contributed by atoms with Gasteiger partial charge in [0.1, 0.15) is 11.6 Å². The summed E-state index contributed by atoms with van der Waals surface area (Å²) in [7, 11) is 0. The minimum atomic E-state index is 0.0224. The molecule has 2 aromatic heterocycles. The van der Waals surface area contributed by atoms with Gasteiger partial charge in [-0.15, -0.1) is 0 Å². The molecule has 0 aliphatic heterocycles. The maximum Gasteiger partial charge on any atom is 0.149 e. The predicted octanol–water partition coefficient (Wildman–Crippen LogP) is 12.3. The van der Waals surface area contributed by atoms with Crippen molar-refractivity contribution >= 4 is 11.0 Å². The fourth-order valence-electron chi connectivity index (χ4n) is 6.94. The molecule has 0 radical (unpaired) electrons. The number of imidazole rings is 1. The zero-order valence-electron chi connectivity index (χ0n) is 30.1. The van der Waals surface area contributed by atoms with E-state index in [4.69, 9.17) is 9.97 Å². The van der Waals surface area contributed by atoms with Gasteiger partial charge in [0.25, 0.3) is 0 Å². The first-order valence-electron chi connectivity index (χ1n) is 17.6. The van der Waals surface area contributed by atoms with Crippen molar-refractivity contribution in [3.8, 4) is 56.3 Å². The second-order valence-corrected chi connectivity index (χ2v) is 14.9. The molecule has 2 heterocycles. The van der Waals surface area contributed by atoms with Crippen LogP contribution in [0.15, 0.2) is 128 Å². The molecule has 0 fully saturated rings. The Bertz CT molecular complexity index is 2300. The van der Waals surface area contributed by atoms with E-state index in [1.165, 1.54) is 16.7 Å². The molecule has 7 aromatic rings. The molecular weight excluding hydrogens is 611 g/mol. The van der Waals surface area contributed by atoms with Gasteiger partial charge in [-0.2, -0.15) is 0 Å². The highest BCUT2D eigenvalue weighted by atomic mass is 16.3. The lowest BCUT2D eigenvalue weighted by molar-refractivity contribution is 0.477. The lowest BCUT2D eigenvalue weighted by Gasteiger charge is -2.23. The van der Waals surface area contributed by atoms with Gasteiger partial charge < -0.3 is 5.11 Å². The summed E-state index contributed by atoms with van der Waals surface area (Å²) in [6.45, 7) is 15.7. The Balaban J connectivity index is 1.51. The molecule has 0 aliphatic rings. The Morgan fingerprint density at radius 1 is 0.600 bits per heavy atom. The third kappa shape index (κ3) is 6.11. The van der Waals surface area contributed by atoms with Gasteiger partial charge in [-0.3, -0.25) is 9.55 Å². The van der Waals surface area contributed by atoms with Crippen molar-refractivity contribution in [3.05, 3.63) is 144 Å². The maximum absolute atomic E-state index is 11.6. The number of rotatable bonds is 7. The summed E-state index contributed by atoms with van der Waals surface area (Å²) in [5.74, 6) is 1.46. The molecule has 0 unspecified atom stereocenters. The highest BCUT2D eigenvalue weighted by molar-refractivity contribution is 5.97. The monoisotopic (exact) mass is 655 g/mol. The largest absolute Gasteiger partial charge is 0.507 e. The molecule has 4 nitrogen and oxygen atoms in total. The van der Waals surface area contributed by atoms with E-state index in [9.17, 15) is 5.11 Å². The van der Waals surface area contributed by atoms with Crippen LogP contribution in [0.25, 0.3) is 61.6 Å². The van der Waals surface area contributed by atoms with Gasteiger partial charge in [-0.05, 0) is 87.0 Å². The standard InChI is InChI=1S/C46H45N3O/c1-29(2)36-18-12-19-37(30(3)4)44(36)49-41-21-13-20-38(33-16-11-17-34(26-33)40-28-35(24-25-47-40)46(5,6)7)43(41)48-45(49)39-27-32(22-23-42(39)50)31-14-9-8-10-15-31/h8-30,50H,1-7H3. The van der Waals surface area contributed by atoms with Crippen LogP contribution in [-0.4, -0.2) is 19.6 Å². The summed E-state index contributed by atoms with van der Waals surface area (Å²) in [4.78, 5) is 10.2. The molecule has 0 aliphatic carbocycles. The van der Waals surface area contributed by atoms with Crippen LogP contribution in [0.5, 0.6) is 5.75 Å². The lowest BCUT2D eigenvalue weighted by Crippen LogP contribution is -2.11. The van der Waals surface area contributed by atoms with E-state index in [0.29, 0.717) is 11.4 Å². The molecule has 0 bridgehead atoms. The zero-order valence-corrected chi connectivity index (χ0v) is 30.1. The Labute approximate surface area is 296 Å². The molecule has 0 spiro atoms. The van der Waals surface area contributed by atoms with E-state index in [-0.39, 0.29) is 23.0 Å². The van der Waals surface area contributed by atoms with Gasteiger partial charge in [0, 0.05) is 17.3 Å². The van der Waals surface area contributed by atoms with E-state index in [2.05, 4.69) is 144 Å². The quantitative estimate of drug-likeness (QED) is 0.186. The second-order valence-electron chi connectivity index (χ2n) is 14.9. The minimum Gasteiger partial charge on any atom is -0.507 e. The Hall–Kier alpha value is -5.48. The molecule has 250 valence electrons. The van der Waals surface area contributed by atoms with Crippen molar-refractivity contribution in [2.75, 3.05) is 0 Å². The first-order chi connectivity index (χ1) is 24.0. The number of pyridine rings is 1. The number of hydrogen-bond acceptors (Lipinski definition) is 3. The van der Waals surface area contributed by atoms with E-state index >= 15 is 0 Å². The van der Waals surface area contributed by atoms with E-state index < -0.39 is 0 Å². The van der Waals surface area contributed by atoms with Crippen molar-refractivity contribution in [2.45, 2.75) is 65.7 Å². The highest BCUT2D eigenvalue weighted by Gasteiger charge is 2.25. The average molecular weight is 656 g/mol. The summed E-state index contributed by atoms with van der Waals surface area (Å²) in [6, 6.07) is 42.1. The molecule has 0 atom stereocenters. The summed E-state index contributed by atoms with van der Waals surface area (Å²) < 4.78 is 2.30. The van der Waals surface area contributed by atoms with Crippen LogP contribution in [0.1, 0.15) is 77.0 Å². The lowest BCUT2D eigenvalue weighted by atomic mass is 9.87. The van der Waals surface area contributed by atoms with Crippen molar-refractivity contribution in [2.24, 2.45) is 0 Å². The minimum absolute atomic E-state index is 0.0224. The molecule has 1 N–H and O–H groups in total. The molecule has 0 amide bonds. The summed E-state index contributed by atoms with van der Waals surface area (Å²) in [5.41, 5.74) is 13.7. The van der Waals surface area contributed by atoms with Crippen molar-refractivity contribution < 1.29 is 5.11 Å². The third-order valence-electron chi connectivity index (χ3n) is 9.69. The van der Waals surface area contributed by atoms with Crippen molar-refractivity contribution in [1.29, 1.82) is 0 Å². The topological polar surface area (TPSA) is 50.9 Å². The molecule has 0 saturated heterocycles. The highest BCUT2D eigenvalue weighted by Crippen LogP contribution is 2.42. The number of para-hydroxylation sites is 2. The Morgan fingerprint density at radius 3 is 1.96 bits per heavy atom. The normalized spacial score (nSPS) is 11.9. The van der Waals surface area contributed by atoms with Gasteiger partial charge in [-0.1, -0.05) is 133 Å². The molecule has 5 aromatic carbocycles. The fourth-order valence-corrected chi connectivity index (χ4v) is 6.94. The first-order valence-corrected chi connectivity index (χ1v) is 17.6. The number of fused-ring (bicyclic) bond motifs is 1. The van der Waals surface area contributed by atoms with E-state index in [1.807, 2.05) is 30.5 Å². The molecule has 7 rings (SSSR count). The second kappa shape index (κ2) is 13.1. The Kier molecular flexibility index (Phi) is 8.65. The number of phenolic OH excluding ortho intramolecular Hbond substituents is 1. The van der Waals surface area contributed by atoms with Crippen LogP contribution < -0.4 is 0 Å². The van der Waals surface area contributed by atoms with Crippen molar-refractivity contribution in [3.63, 3.8) is 0 Å². The van der Waals surface area contributed by atoms with Gasteiger partial charge in [0.2, 0.25) is 0 Å². The predicted molar refractivity (Wildman–Crippen MR) is 209 cm³/mol. The van der Waals surface area contributed by atoms with Gasteiger partial charge in [-0.25, -0.2) is 4.98 Å². The van der Waals surface area contributed by atoms with Crippen LogP contribution in [-0.2, 0) is 5.41 Å². The smallest absolute Gasteiger partial charge is 0.149 e. The van der Waals surface area contributed by atoms with Gasteiger partial charge in [0.15, 0.2) is 0 Å². The molecule has 4 heteroatoms. The average Bonchev–Trinajstić information content (AvgIpc) is 3.51. The van der Waals surface area contributed by atoms with Crippen LogP contribution in [0.4, 0.5) is 0 Å². The van der Waals surface area contributed by atoms with Crippen molar-refractivity contribution in [1.82, 2.24) is 14.5 Å². The summed E-state index contributed by atoms with van der Waals surface area (Å²) in [6.07, 6.45) is 1.91. The zero-order chi connectivity index (χ0) is 35.2. The Morgan fingerprint density at radius 2 is 1.26 bits per heavy atom. The van der Waals surface area contributed by atoms with E-state index in [0.717, 1.165) is 50.2 Å². The third-order valence-corrected chi connectivity index (χ3v) is 9.69.